The summed E-state index contributed by atoms with van der Waals surface area (Å²) < 4.78 is 5.38. The van der Waals surface area contributed by atoms with Crippen molar-refractivity contribution < 1.29 is 14.3 Å². The summed E-state index contributed by atoms with van der Waals surface area (Å²) in [7, 11) is 0. The Morgan fingerprint density at radius 3 is 2.58 bits per heavy atom. The minimum atomic E-state index is -0.141. The lowest BCUT2D eigenvalue weighted by atomic mass is 9.72. The van der Waals surface area contributed by atoms with Crippen LogP contribution in [0.5, 0.6) is 0 Å². The summed E-state index contributed by atoms with van der Waals surface area (Å²) in [6.07, 6.45) is 2.87. The highest BCUT2D eigenvalue weighted by Crippen LogP contribution is 2.44. The third-order valence-corrected chi connectivity index (χ3v) is 8.00. The van der Waals surface area contributed by atoms with E-state index in [0.717, 1.165) is 49.2 Å². The van der Waals surface area contributed by atoms with E-state index in [4.69, 9.17) is 4.74 Å². The highest BCUT2D eigenvalue weighted by atomic mass is 32.1. The van der Waals surface area contributed by atoms with Gasteiger partial charge in [-0.2, -0.15) is 0 Å². The maximum Gasteiger partial charge on any atom is 0.258 e. The average Bonchev–Trinajstić information content (AvgIpc) is 3.12. The number of amides is 2. The number of para-hydroxylation sites is 1. The van der Waals surface area contributed by atoms with Crippen LogP contribution in [0.1, 0.15) is 53.6 Å². The smallest absolute Gasteiger partial charge is 0.258 e. The van der Waals surface area contributed by atoms with Gasteiger partial charge < -0.3 is 15.4 Å². The van der Waals surface area contributed by atoms with Gasteiger partial charge in [0.05, 0.1) is 25.3 Å². The van der Waals surface area contributed by atoms with Gasteiger partial charge in [0.25, 0.3) is 5.91 Å². The molecule has 0 radical (unpaired) electrons. The number of hydrogen-bond donors (Lipinski definition) is 2. The summed E-state index contributed by atoms with van der Waals surface area (Å²) in [5, 5.41) is 6.85. The van der Waals surface area contributed by atoms with E-state index in [9.17, 15) is 9.59 Å². The minimum Gasteiger partial charge on any atom is -0.379 e. The first-order valence-corrected chi connectivity index (χ1v) is 12.7. The molecule has 4 rings (SSSR count). The van der Waals surface area contributed by atoms with Gasteiger partial charge in [-0.05, 0) is 54.7 Å². The molecule has 1 saturated heterocycles. The van der Waals surface area contributed by atoms with Crippen LogP contribution in [0.3, 0.4) is 0 Å². The van der Waals surface area contributed by atoms with E-state index in [1.54, 1.807) is 11.3 Å². The zero-order valence-corrected chi connectivity index (χ0v) is 20.9. The zero-order valence-electron chi connectivity index (χ0n) is 20.1. The average molecular weight is 470 g/mol. The molecule has 2 N–H and O–H groups in total. The topological polar surface area (TPSA) is 70.7 Å². The van der Waals surface area contributed by atoms with E-state index in [-0.39, 0.29) is 17.2 Å². The predicted molar refractivity (Wildman–Crippen MR) is 134 cm³/mol. The number of thiophene rings is 1. The number of anilines is 2. The van der Waals surface area contributed by atoms with E-state index in [1.807, 2.05) is 31.2 Å². The van der Waals surface area contributed by atoms with Gasteiger partial charge >= 0.3 is 0 Å². The molecular formula is C26H35N3O3S. The second kappa shape index (κ2) is 9.95. The van der Waals surface area contributed by atoms with Crippen molar-refractivity contribution in [3.05, 3.63) is 45.8 Å². The van der Waals surface area contributed by atoms with Crippen molar-refractivity contribution in [3.63, 3.8) is 0 Å². The number of hydrogen-bond acceptors (Lipinski definition) is 5. The summed E-state index contributed by atoms with van der Waals surface area (Å²) in [5.74, 6) is 0.346. The van der Waals surface area contributed by atoms with Gasteiger partial charge in [0.1, 0.15) is 5.00 Å². The van der Waals surface area contributed by atoms with Crippen LogP contribution in [-0.2, 0) is 22.4 Å². The van der Waals surface area contributed by atoms with Crippen LogP contribution in [0.2, 0.25) is 0 Å². The van der Waals surface area contributed by atoms with Crippen LogP contribution in [0.15, 0.2) is 24.3 Å². The van der Waals surface area contributed by atoms with E-state index >= 15 is 0 Å². The van der Waals surface area contributed by atoms with Crippen molar-refractivity contribution in [1.29, 1.82) is 0 Å². The Kier molecular flexibility index (Phi) is 7.22. The zero-order chi connectivity index (χ0) is 23.6. The Morgan fingerprint density at radius 1 is 1.15 bits per heavy atom. The van der Waals surface area contributed by atoms with Gasteiger partial charge in [-0.3, -0.25) is 14.5 Å². The number of rotatable bonds is 5. The quantitative estimate of drug-likeness (QED) is 0.664. The summed E-state index contributed by atoms with van der Waals surface area (Å²) in [5.41, 5.74) is 3.77. The summed E-state index contributed by atoms with van der Waals surface area (Å²) in [6.45, 7) is 12.0. The number of aryl methyl sites for hydroxylation is 1. The van der Waals surface area contributed by atoms with Gasteiger partial charge in [-0.15, -0.1) is 11.3 Å². The van der Waals surface area contributed by atoms with Crippen LogP contribution in [0, 0.1) is 18.3 Å². The molecule has 2 aromatic rings. The molecule has 2 aliphatic rings. The molecule has 1 aliphatic heterocycles. The molecule has 1 fully saturated rings. The molecule has 0 spiro atoms. The maximum atomic E-state index is 13.5. The van der Waals surface area contributed by atoms with E-state index in [0.29, 0.717) is 36.2 Å². The molecular weight excluding hydrogens is 434 g/mol. The first-order chi connectivity index (χ1) is 15.7. The Hall–Kier alpha value is -2.22. The molecule has 1 aromatic heterocycles. The highest BCUT2D eigenvalue weighted by Gasteiger charge is 2.34. The normalized spacial score (nSPS) is 19.1. The number of morpholine rings is 1. The van der Waals surface area contributed by atoms with Crippen molar-refractivity contribution in [2.75, 3.05) is 43.5 Å². The number of ether oxygens (including phenoxy) is 1. The molecule has 2 heterocycles. The molecule has 7 heteroatoms. The number of benzene rings is 1. The fourth-order valence-electron chi connectivity index (χ4n) is 4.68. The van der Waals surface area contributed by atoms with Crippen LogP contribution in [-0.4, -0.2) is 49.6 Å². The van der Waals surface area contributed by atoms with Crippen LogP contribution < -0.4 is 10.6 Å². The fraction of sp³-hybridized carbons (Fsp3) is 0.538. The van der Waals surface area contributed by atoms with Gasteiger partial charge in [0, 0.05) is 23.7 Å². The lowest BCUT2D eigenvalue weighted by Crippen LogP contribution is -2.41. The summed E-state index contributed by atoms with van der Waals surface area (Å²) >= 11 is 1.58. The molecule has 0 saturated carbocycles. The van der Waals surface area contributed by atoms with Gasteiger partial charge in [0.15, 0.2) is 0 Å². The Labute approximate surface area is 200 Å². The lowest BCUT2D eigenvalue weighted by Gasteiger charge is -2.33. The fourth-order valence-corrected chi connectivity index (χ4v) is 6.02. The molecule has 33 heavy (non-hydrogen) atoms. The van der Waals surface area contributed by atoms with Crippen molar-refractivity contribution in [2.24, 2.45) is 11.3 Å². The molecule has 178 valence electrons. The predicted octanol–water partition coefficient (Wildman–Crippen LogP) is 4.73. The number of fused-ring (bicyclic) bond motifs is 1. The second-order valence-corrected chi connectivity index (χ2v) is 11.3. The Balaban J connectivity index is 1.60. The SMILES string of the molecule is Cc1ccccc1NC(=O)c1c(NC(=O)CN2CCOCC2)sc2c1CC[C@H](C(C)(C)C)C2. The van der Waals surface area contributed by atoms with Crippen LogP contribution in [0.25, 0.3) is 0 Å². The molecule has 0 bridgehead atoms. The minimum absolute atomic E-state index is 0.0761. The van der Waals surface area contributed by atoms with Gasteiger partial charge in [-0.25, -0.2) is 0 Å². The van der Waals surface area contributed by atoms with Crippen molar-refractivity contribution >= 4 is 33.8 Å². The largest absolute Gasteiger partial charge is 0.379 e. The van der Waals surface area contributed by atoms with Crippen LogP contribution in [0.4, 0.5) is 10.7 Å². The Bertz CT molecular complexity index is 1020. The molecule has 1 aliphatic carbocycles. The van der Waals surface area contributed by atoms with Crippen LogP contribution >= 0.6 is 11.3 Å². The summed E-state index contributed by atoms with van der Waals surface area (Å²) in [6, 6.07) is 7.78. The van der Waals surface area contributed by atoms with E-state index < -0.39 is 0 Å². The van der Waals surface area contributed by atoms with E-state index in [1.165, 1.54) is 4.88 Å². The van der Waals surface area contributed by atoms with Crippen molar-refractivity contribution in [3.8, 4) is 0 Å². The molecule has 1 atom stereocenters. The van der Waals surface area contributed by atoms with Gasteiger partial charge in [0.2, 0.25) is 5.91 Å². The maximum absolute atomic E-state index is 13.5. The lowest BCUT2D eigenvalue weighted by molar-refractivity contribution is -0.118. The van der Waals surface area contributed by atoms with Crippen molar-refractivity contribution in [1.82, 2.24) is 4.90 Å². The monoisotopic (exact) mass is 469 g/mol. The molecule has 0 unspecified atom stereocenters. The number of carbonyl (C=O) groups is 2. The Morgan fingerprint density at radius 2 is 1.88 bits per heavy atom. The standard InChI is InChI=1S/C26H35N3O3S/c1-17-7-5-6-8-20(17)27-24(31)23-19-10-9-18(26(2,3)4)15-21(19)33-25(23)28-22(30)16-29-11-13-32-14-12-29/h5-8,18H,9-16H2,1-4H3,(H,27,31)(H,28,30)/t18-/m0/s1. The molecule has 2 amide bonds. The number of carbonyl (C=O) groups excluding carboxylic acids is 2. The summed E-state index contributed by atoms with van der Waals surface area (Å²) in [4.78, 5) is 29.7. The second-order valence-electron chi connectivity index (χ2n) is 10.2. The number of nitrogens with one attached hydrogen (secondary N) is 2. The highest BCUT2D eigenvalue weighted by molar-refractivity contribution is 7.17. The van der Waals surface area contributed by atoms with Crippen molar-refractivity contribution in [2.45, 2.75) is 47.0 Å². The third kappa shape index (κ3) is 5.65. The third-order valence-electron chi connectivity index (χ3n) is 6.83. The number of nitrogens with zero attached hydrogens (tertiary/aromatic N) is 1. The molecule has 1 aromatic carbocycles. The van der Waals surface area contributed by atoms with Gasteiger partial charge in [-0.1, -0.05) is 39.0 Å². The first-order valence-electron chi connectivity index (χ1n) is 11.8. The van der Waals surface area contributed by atoms with E-state index in [2.05, 4.69) is 36.3 Å². The first kappa shape index (κ1) is 23.9. The molecule has 6 nitrogen and oxygen atoms in total.